The van der Waals surface area contributed by atoms with Crippen molar-refractivity contribution in [2.24, 2.45) is 22.6 Å². The fraction of sp³-hybridized carbons (Fsp3) is 0.385. The smallest absolute Gasteiger partial charge is 0.217 e. The Bertz CT molecular complexity index is 900. The summed E-state index contributed by atoms with van der Waals surface area (Å²) in [5.41, 5.74) is 10.5. The standard InChI is InChI=1S/C26H33FN2O/c1-5-6-7-8-24(21-9-12-23(27)13-10-21)22-11-14-25(19(3)15-22)29-17-20(4)18(2)16-26(28)30/h8-15,17-18,20H,5-7,16H2,1-4H3,(H2,28,30). The van der Waals surface area contributed by atoms with Crippen LogP contribution in [0.1, 0.15) is 63.1 Å². The van der Waals surface area contributed by atoms with Crippen LogP contribution in [0.3, 0.4) is 0 Å². The maximum atomic E-state index is 13.4. The first-order chi connectivity index (χ1) is 14.3. The Morgan fingerprint density at radius 1 is 1.13 bits per heavy atom. The Hall–Kier alpha value is -2.75. The van der Waals surface area contributed by atoms with Crippen LogP contribution in [-0.4, -0.2) is 12.1 Å². The zero-order valence-electron chi connectivity index (χ0n) is 18.5. The molecule has 30 heavy (non-hydrogen) atoms. The monoisotopic (exact) mass is 408 g/mol. The van der Waals surface area contributed by atoms with E-state index in [4.69, 9.17) is 5.73 Å². The highest BCUT2D eigenvalue weighted by atomic mass is 19.1. The van der Waals surface area contributed by atoms with Crippen molar-refractivity contribution in [3.8, 4) is 0 Å². The van der Waals surface area contributed by atoms with Crippen LogP contribution < -0.4 is 5.73 Å². The van der Waals surface area contributed by atoms with Gasteiger partial charge in [0.15, 0.2) is 0 Å². The van der Waals surface area contributed by atoms with Crippen molar-refractivity contribution in [3.63, 3.8) is 0 Å². The summed E-state index contributed by atoms with van der Waals surface area (Å²) in [7, 11) is 0. The number of hydrogen-bond donors (Lipinski definition) is 1. The van der Waals surface area contributed by atoms with Gasteiger partial charge in [-0.1, -0.05) is 57.9 Å². The first kappa shape index (κ1) is 23.5. The summed E-state index contributed by atoms with van der Waals surface area (Å²) in [6, 6.07) is 12.9. The lowest BCUT2D eigenvalue weighted by Crippen LogP contribution is -2.19. The van der Waals surface area contributed by atoms with Gasteiger partial charge in [0.05, 0.1) is 5.69 Å². The number of primary amides is 1. The molecule has 2 N–H and O–H groups in total. The molecule has 0 aliphatic rings. The lowest BCUT2D eigenvalue weighted by Gasteiger charge is -2.14. The number of nitrogens with two attached hydrogens (primary N) is 1. The molecule has 0 spiro atoms. The number of amides is 1. The quantitative estimate of drug-likeness (QED) is 0.349. The molecule has 2 aromatic rings. The van der Waals surface area contributed by atoms with Gasteiger partial charge in [0.25, 0.3) is 0 Å². The summed E-state index contributed by atoms with van der Waals surface area (Å²) >= 11 is 0. The van der Waals surface area contributed by atoms with E-state index >= 15 is 0 Å². The molecule has 0 saturated carbocycles. The molecule has 0 radical (unpaired) electrons. The van der Waals surface area contributed by atoms with Crippen molar-refractivity contribution >= 4 is 23.4 Å². The number of hydrogen-bond acceptors (Lipinski definition) is 2. The maximum absolute atomic E-state index is 13.4. The van der Waals surface area contributed by atoms with Crippen LogP contribution in [0, 0.1) is 24.6 Å². The first-order valence-electron chi connectivity index (χ1n) is 10.7. The van der Waals surface area contributed by atoms with Gasteiger partial charge in [0.2, 0.25) is 5.91 Å². The number of nitrogens with zero attached hydrogens (tertiary/aromatic N) is 1. The lowest BCUT2D eigenvalue weighted by molar-refractivity contribution is -0.118. The van der Waals surface area contributed by atoms with Gasteiger partial charge in [-0.3, -0.25) is 9.79 Å². The zero-order valence-corrected chi connectivity index (χ0v) is 18.5. The summed E-state index contributed by atoms with van der Waals surface area (Å²) in [5, 5.41) is 0. The fourth-order valence-electron chi connectivity index (χ4n) is 3.30. The summed E-state index contributed by atoms with van der Waals surface area (Å²) in [6.07, 6.45) is 7.72. The van der Waals surface area contributed by atoms with E-state index in [1.807, 2.05) is 45.2 Å². The van der Waals surface area contributed by atoms with Crippen LogP contribution in [0.25, 0.3) is 5.57 Å². The largest absolute Gasteiger partial charge is 0.370 e. The van der Waals surface area contributed by atoms with Gasteiger partial charge >= 0.3 is 0 Å². The molecule has 0 saturated heterocycles. The number of halogens is 1. The Kier molecular flexibility index (Phi) is 8.97. The molecule has 2 rings (SSSR count). The number of aliphatic imine (C=N–C) groups is 1. The molecular weight excluding hydrogens is 375 g/mol. The number of carbonyl (C=O) groups is 1. The van der Waals surface area contributed by atoms with Crippen LogP contribution in [0.5, 0.6) is 0 Å². The van der Waals surface area contributed by atoms with Crippen molar-refractivity contribution < 1.29 is 9.18 Å². The summed E-state index contributed by atoms with van der Waals surface area (Å²) < 4.78 is 13.4. The molecule has 2 unspecified atom stereocenters. The van der Waals surface area contributed by atoms with Gasteiger partial charge in [-0.05, 0) is 71.7 Å². The van der Waals surface area contributed by atoms with E-state index in [2.05, 4.69) is 30.1 Å². The normalized spacial score (nSPS) is 14.1. The second-order valence-corrected chi connectivity index (χ2v) is 8.05. The molecule has 3 nitrogen and oxygen atoms in total. The van der Waals surface area contributed by atoms with Gasteiger partial charge in [-0.2, -0.15) is 0 Å². The molecule has 1 amide bonds. The minimum Gasteiger partial charge on any atom is -0.370 e. The molecule has 2 atom stereocenters. The summed E-state index contributed by atoms with van der Waals surface area (Å²) in [5.74, 6) is -0.212. The molecule has 0 aliphatic heterocycles. The second kappa shape index (κ2) is 11.4. The number of allylic oxidation sites excluding steroid dienone is 1. The average molecular weight is 409 g/mol. The van der Waals surface area contributed by atoms with E-state index in [1.54, 1.807) is 0 Å². The average Bonchev–Trinajstić information content (AvgIpc) is 2.70. The predicted molar refractivity (Wildman–Crippen MR) is 124 cm³/mol. The fourth-order valence-corrected chi connectivity index (χ4v) is 3.30. The van der Waals surface area contributed by atoms with Gasteiger partial charge in [0.1, 0.15) is 5.82 Å². The number of unbranched alkanes of at least 4 members (excludes halogenated alkanes) is 2. The molecule has 160 valence electrons. The van der Waals surface area contributed by atoms with E-state index in [0.717, 1.165) is 47.2 Å². The Morgan fingerprint density at radius 3 is 2.40 bits per heavy atom. The molecule has 2 aromatic carbocycles. The molecule has 0 aromatic heterocycles. The molecule has 0 heterocycles. The minimum atomic E-state index is -0.286. The Morgan fingerprint density at radius 2 is 1.80 bits per heavy atom. The van der Waals surface area contributed by atoms with Crippen LogP contribution >= 0.6 is 0 Å². The van der Waals surface area contributed by atoms with Crippen LogP contribution in [0.2, 0.25) is 0 Å². The Balaban J connectivity index is 2.27. The third-order valence-corrected chi connectivity index (χ3v) is 5.44. The summed E-state index contributed by atoms with van der Waals surface area (Å²) in [6.45, 7) is 8.27. The highest BCUT2D eigenvalue weighted by Crippen LogP contribution is 2.29. The molecular formula is C26H33FN2O. The number of benzene rings is 2. The second-order valence-electron chi connectivity index (χ2n) is 8.05. The SMILES string of the molecule is CCCCC=C(c1ccc(F)cc1)c1ccc(N=CC(C)C(C)CC(N)=O)c(C)c1. The van der Waals surface area contributed by atoms with Crippen molar-refractivity contribution in [1.82, 2.24) is 0 Å². The number of aryl methyl sites for hydroxylation is 1. The maximum Gasteiger partial charge on any atom is 0.217 e. The predicted octanol–water partition coefficient (Wildman–Crippen LogP) is 6.61. The zero-order chi connectivity index (χ0) is 22.1. The van der Waals surface area contributed by atoms with Gasteiger partial charge in [-0.25, -0.2) is 4.39 Å². The molecule has 4 heteroatoms. The first-order valence-corrected chi connectivity index (χ1v) is 10.7. The number of rotatable bonds is 10. The van der Waals surface area contributed by atoms with Gasteiger partial charge in [-0.15, -0.1) is 0 Å². The summed E-state index contributed by atoms with van der Waals surface area (Å²) in [4.78, 5) is 15.8. The van der Waals surface area contributed by atoms with Crippen molar-refractivity contribution in [3.05, 3.63) is 71.0 Å². The molecule has 0 aliphatic carbocycles. The van der Waals surface area contributed by atoms with E-state index in [1.165, 1.54) is 12.1 Å². The Labute approximate surface area is 179 Å². The van der Waals surface area contributed by atoms with E-state index in [0.29, 0.717) is 6.42 Å². The molecule has 0 bridgehead atoms. The lowest BCUT2D eigenvalue weighted by atomic mass is 9.93. The molecule has 0 fully saturated rings. The third-order valence-electron chi connectivity index (χ3n) is 5.44. The van der Waals surface area contributed by atoms with Crippen molar-refractivity contribution in [2.45, 2.75) is 53.4 Å². The van der Waals surface area contributed by atoms with Gasteiger partial charge in [0, 0.05) is 12.6 Å². The van der Waals surface area contributed by atoms with Crippen LogP contribution in [0.15, 0.2) is 53.5 Å². The van der Waals surface area contributed by atoms with E-state index < -0.39 is 0 Å². The van der Waals surface area contributed by atoms with Gasteiger partial charge < -0.3 is 5.73 Å². The van der Waals surface area contributed by atoms with Crippen LogP contribution in [-0.2, 0) is 4.79 Å². The van der Waals surface area contributed by atoms with Crippen molar-refractivity contribution in [1.29, 1.82) is 0 Å². The highest BCUT2D eigenvalue weighted by molar-refractivity contribution is 5.81. The van der Waals surface area contributed by atoms with E-state index in [-0.39, 0.29) is 23.6 Å². The van der Waals surface area contributed by atoms with E-state index in [9.17, 15) is 9.18 Å². The topological polar surface area (TPSA) is 55.4 Å². The highest BCUT2D eigenvalue weighted by Gasteiger charge is 2.13. The minimum absolute atomic E-state index is 0.150. The van der Waals surface area contributed by atoms with Crippen molar-refractivity contribution in [2.75, 3.05) is 0 Å². The third kappa shape index (κ3) is 6.94. The van der Waals surface area contributed by atoms with Crippen LogP contribution in [0.4, 0.5) is 10.1 Å². The number of carbonyl (C=O) groups excluding carboxylic acids is 1.